The maximum absolute atomic E-state index is 14.3. The van der Waals surface area contributed by atoms with Crippen molar-refractivity contribution in [2.75, 3.05) is 0 Å². The molecule has 4 nitrogen and oxygen atoms in total. The number of hydrogen-bond donors (Lipinski definition) is 0. The van der Waals surface area contributed by atoms with Crippen molar-refractivity contribution in [3.8, 4) is 11.8 Å². The highest BCUT2D eigenvalue weighted by atomic mass is 35.5. The predicted molar refractivity (Wildman–Crippen MR) is 81.3 cm³/mol. The second-order valence-corrected chi connectivity index (χ2v) is 6.97. The van der Waals surface area contributed by atoms with Gasteiger partial charge in [-0.15, -0.1) is 0 Å². The highest BCUT2D eigenvalue weighted by Crippen LogP contribution is 2.39. The summed E-state index contributed by atoms with van der Waals surface area (Å²) in [6, 6.07) is 1.75. The van der Waals surface area contributed by atoms with Gasteiger partial charge in [-0.2, -0.15) is 32.3 Å². The molecule has 1 aromatic heterocycles. The second-order valence-electron chi connectivity index (χ2n) is 4.76. The first-order chi connectivity index (χ1) is 12.4. The number of hydrogen-bond acceptors (Lipinski definition) is 3. The van der Waals surface area contributed by atoms with Crippen LogP contribution in [-0.2, 0) is 17.0 Å². The van der Waals surface area contributed by atoms with Crippen LogP contribution in [0.4, 0.5) is 30.7 Å². The Morgan fingerprint density at radius 2 is 1.81 bits per heavy atom. The van der Waals surface area contributed by atoms with Crippen LogP contribution in [-0.4, -0.2) is 19.7 Å². The zero-order valence-corrected chi connectivity index (χ0v) is 14.7. The first-order valence-corrected chi connectivity index (χ1v) is 8.50. The van der Waals surface area contributed by atoms with Crippen LogP contribution in [0.1, 0.15) is 22.5 Å². The summed E-state index contributed by atoms with van der Waals surface area (Å²) in [6.07, 6.45) is -5.10. The first kappa shape index (κ1) is 21.5. The van der Waals surface area contributed by atoms with Gasteiger partial charge >= 0.3 is 11.9 Å². The summed E-state index contributed by atoms with van der Waals surface area (Å²) >= 11 is 11.3. The van der Waals surface area contributed by atoms with Crippen molar-refractivity contribution in [3.05, 3.63) is 44.9 Å². The highest BCUT2D eigenvalue weighted by molar-refractivity contribution is 7.85. The fraction of sp³-hybridized carbons (Fsp3) is 0.231. The van der Waals surface area contributed by atoms with Gasteiger partial charge in [0.05, 0.1) is 16.3 Å². The Morgan fingerprint density at radius 1 is 1.22 bits per heavy atom. The lowest BCUT2D eigenvalue weighted by Gasteiger charge is -2.15. The summed E-state index contributed by atoms with van der Waals surface area (Å²) in [5.41, 5.74) is -7.24. The van der Waals surface area contributed by atoms with Crippen LogP contribution >= 0.6 is 23.2 Å². The predicted octanol–water partition coefficient (Wildman–Crippen LogP) is 5.15. The van der Waals surface area contributed by atoms with Crippen LogP contribution in [0.15, 0.2) is 12.1 Å². The molecule has 2 unspecified atom stereocenters. The lowest BCUT2D eigenvalue weighted by molar-refractivity contribution is -0.139. The highest BCUT2D eigenvalue weighted by Gasteiger charge is 2.37. The minimum Gasteiger partial charge on any atom is -0.250 e. The molecule has 0 aliphatic rings. The Hall–Kier alpha value is -1.84. The number of aromatic nitrogens is 2. The number of nitriles is 1. The van der Waals surface area contributed by atoms with E-state index in [2.05, 4.69) is 5.10 Å². The van der Waals surface area contributed by atoms with Gasteiger partial charge in [0.15, 0.2) is 5.69 Å². The molecule has 0 N–H and O–H groups in total. The van der Waals surface area contributed by atoms with Crippen LogP contribution in [0, 0.1) is 17.1 Å². The molecule has 0 radical (unpaired) electrons. The van der Waals surface area contributed by atoms with Crippen molar-refractivity contribution in [1.82, 2.24) is 9.78 Å². The molecule has 0 amide bonds. The van der Waals surface area contributed by atoms with E-state index in [1.807, 2.05) is 0 Å². The molecule has 0 fully saturated rings. The number of nitrogens with zero attached hydrogens (tertiary/aromatic N) is 3. The average molecular weight is 454 g/mol. The first-order valence-electron chi connectivity index (χ1n) is 6.46. The number of alkyl halides is 6. The largest absolute Gasteiger partial charge is 0.419 e. The Labute approximate surface area is 158 Å². The van der Waals surface area contributed by atoms with Crippen molar-refractivity contribution in [3.63, 3.8) is 0 Å². The fourth-order valence-electron chi connectivity index (χ4n) is 1.98. The third-order valence-corrected chi connectivity index (χ3v) is 4.79. The van der Waals surface area contributed by atoms with E-state index in [4.69, 9.17) is 28.5 Å². The summed E-state index contributed by atoms with van der Waals surface area (Å²) in [5.74, 6) is -5.48. The molecule has 0 saturated carbocycles. The Kier molecular flexibility index (Phi) is 6.08. The second kappa shape index (κ2) is 7.65. The molecule has 1 aromatic carbocycles. The zero-order valence-electron chi connectivity index (χ0n) is 12.4. The maximum atomic E-state index is 14.3. The van der Waals surface area contributed by atoms with E-state index in [-0.39, 0.29) is 16.8 Å². The normalized spacial score (nSPS) is 14.3. The van der Waals surface area contributed by atoms with Crippen LogP contribution in [0.2, 0.25) is 10.0 Å². The minimum atomic E-state index is -5.10. The Balaban J connectivity index is 2.75. The molecule has 2 atom stereocenters. The molecule has 146 valence electrons. The summed E-state index contributed by atoms with van der Waals surface area (Å²) in [4.78, 5) is 0. The SMILES string of the molecule is N#Cc1nn(-c2cc(F)c(C(F)(F)F)cc2Cl)c(C(F)S(=O)C(F)F)c1Cl. The van der Waals surface area contributed by atoms with Gasteiger partial charge in [-0.05, 0) is 6.07 Å². The van der Waals surface area contributed by atoms with E-state index in [1.165, 1.54) is 6.07 Å². The van der Waals surface area contributed by atoms with E-state index in [1.54, 1.807) is 0 Å². The van der Waals surface area contributed by atoms with E-state index >= 15 is 0 Å². The summed E-state index contributed by atoms with van der Waals surface area (Å²) in [5, 5.41) is 10.7. The van der Waals surface area contributed by atoms with Gasteiger partial charge < -0.3 is 0 Å². The number of halogens is 9. The third-order valence-electron chi connectivity index (χ3n) is 3.13. The molecule has 0 aliphatic heterocycles. The summed E-state index contributed by atoms with van der Waals surface area (Å²) < 4.78 is 103. The molecule has 0 saturated heterocycles. The monoisotopic (exact) mass is 453 g/mol. The summed E-state index contributed by atoms with van der Waals surface area (Å²) in [6.45, 7) is 0. The Bertz CT molecular complexity index is 955. The van der Waals surface area contributed by atoms with Gasteiger partial charge in [0.25, 0.3) is 0 Å². The van der Waals surface area contributed by atoms with Crippen LogP contribution in [0.25, 0.3) is 5.69 Å². The van der Waals surface area contributed by atoms with E-state index < -0.39 is 66.7 Å². The van der Waals surface area contributed by atoms with Gasteiger partial charge in [-0.25, -0.2) is 13.5 Å². The molecule has 2 rings (SSSR count). The van der Waals surface area contributed by atoms with Crippen LogP contribution in [0.3, 0.4) is 0 Å². The van der Waals surface area contributed by atoms with Crippen molar-refractivity contribution in [1.29, 1.82) is 5.26 Å². The van der Waals surface area contributed by atoms with E-state index in [9.17, 15) is 34.9 Å². The van der Waals surface area contributed by atoms with Crippen molar-refractivity contribution in [2.24, 2.45) is 0 Å². The lowest BCUT2D eigenvalue weighted by atomic mass is 10.2. The van der Waals surface area contributed by atoms with Crippen molar-refractivity contribution < 1.29 is 34.9 Å². The number of rotatable bonds is 4. The molecular formula is C13H4Cl2F7N3OS. The molecule has 0 aliphatic carbocycles. The van der Waals surface area contributed by atoms with Gasteiger partial charge in [-0.1, -0.05) is 23.2 Å². The van der Waals surface area contributed by atoms with Crippen LogP contribution in [0.5, 0.6) is 0 Å². The number of benzene rings is 1. The minimum absolute atomic E-state index is 0.162. The molecule has 14 heteroatoms. The average Bonchev–Trinajstić information content (AvgIpc) is 2.90. The van der Waals surface area contributed by atoms with Gasteiger partial charge in [0, 0.05) is 6.07 Å². The zero-order chi connectivity index (χ0) is 20.7. The lowest BCUT2D eigenvalue weighted by Crippen LogP contribution is -2.15. The molecular weight excluding hydrogens is 450 g/mol. The third kappa shape index (κ3) is 4.04. The quantitative estimate of drug-likeness (QED) is 0.601. The maximum Gasteiger partial charge on any atom is 0.419 e. The van der Waals surface area contributed by atoms with E-state index in [0.29, 0.717) is 0 Å². The molecule has 1 heterocycles. The van der Waals surface area contributed by atoms with Gasteiger partial charge in [0.2, 0.25) is 5.50 Å². The van der Waals surface area contributed by atoms with Crippen molar-refractivity contribution in [2.45, 2.75) is 17.4 Å². The summed E-state index contributed by atoms with van der Waals surface area (Å²) in [7, 11) is -3.45. The fourth-order valence-corrected chi connectivity index (χ4v) is 3.16. The van der Waals surface area contributed by atoms with Crippen LogP contribution < -0.4 is 0 Å². The molecule has 2 aromatic rings. The van der Waals surface area contributed by atoms with Gasteiger partial charge in [-0.3, -0.25) is 4.21 Å². The van der Waals surface area contributed by atoms with Gasteiger partial charge in [0.1, 0.15) is 33.4 Å². The van der Waals surface area contributed by atoms with Crippen molar-refractivity contribution >= 4 is 34.0 Å². The topological polar surface area (TPSA) is 58.7 Å². The molecule has 0 spiro atoms. The van der Waals surface area contributed by atoms with E-state index in [0.717, 1.165) is 0 Å². The standard InChI is InChI=1S/C13H4Cl2F7N3OS/c14-5-1-4(13(20,21)22)6(16)2-8(5)25-10(9(15)7(3-23)24-25)11(17)27(26)12(18)19/h1-2,11-12H. The molecule has 27 heavy (non-hydrogen) atoms. The molecule has 0 bridgehead atoms. The smallest absolute Gasteiger partial charge is 0.250 e. The Morgan fingerprint density at radius 3 is 2.30 bits per heavy atom.